The molecule has 11 heteroatoms. The van der Waals surface area contributed by atoms with Crippen molar-refractivity contribution in [2.24, 2.45) is 13.0 Å². The maximum absolute atomic E-state index is 14.3. The minimum Gasteiger partial charge on any atom is -0.377 e. The van der Waals surface area contributed by atoms with Crippen molar-refractivity contribution in [1.29, 1.82) is 0 Å². The van der Waals surface area contributed by atoms with Gasteiger partial charge >= 0.3 is 11.9 Å². The number of pyridine rings is 1. The van der Waals surface area contributed by atoms with Gasteiger partial charge in [0.2, 0.25) is 0 Å². The van der Waals surface area contributed by atoms with E-state index < -0.39 is 23.0 Å². The lowest BCUT2D eigenvalue weighted by Crippen LogP contribution is -2.46. The molecular weight excluding hydrogens is 533 g/mol. The highest BCUT2D eigenvalue weighted by Gasteiger charge is 2.48. The summed E-state index contributed by atoms with van der Waals surface area (Å²) >= 11 is 0. The number of hydrogen-bond donors (Lipinski definition) is 0. The lowest BCUT2D eigenvalue weighted by Gasteiger charge is -2.46. The summed E-state index contributed by atoms with van der Waals surface area (Å²) in [4.78, 5) is 15.8. The van der Waals surface area contributed by atoms with E-state index in [0.29, 0.717) is 23.7 Å². The lowest BCUT2D eigenvalue weighted by atomic mass is 9.68. The van der Waals surface area contributed by atoms with E-state index in [1.165, 1.54) is 16.8 Å². The maximum Gasteiger partial charge on any atom is 0.418 e. The fourth-order valence-electron chi connectivity index (χ4n) is 6.66. The monoisotopic (exact) mass is 568 g/mol. The maximum atomic E-state index is 14.3. The van der Waals surface area contributed by atoms with Gasteiger partial charge in [-0.05, 0) is 73.9 Å². The smallest absolute Gasteiger partial charge is 0.377 e. The number of aryl methyl sites for hydroxylation is 1. The van der Waals surface area contributed by atoms with Gasteiger partial charge in [-0.1, -0.05) is 19.1 Å². The molecular formula is C30H35F3N6O2. The number of rotatable bonds is 7. The molecule has 0 unspecified atom stereocenters. The van der Waals surface area contributed by atoms with Gasteiger partial charge in [-0.25, -0.2) is 4.79 Å². The number of ether oxygens (including phenoxy) is 1. The summed E-state index contributed by atoms with van der Waals surface area (Å²) in [5.74, 6) is 0.966. The molecule has 8 nitrogen and oxygen atoms in total. The molecule has 1 aliphatic heterocycles. The van der Waals surface area contributed by atoms with Gasteiger partial charge in [0, 0.05) is 39.6 Å². The summed E-state index contributed by atoms with van der Waals surface area (Å²) in [7, 11) is 3.57. The first kappa shape index (κ1) is 27.7. The number of piperidine rings is 1. The number of nitrogens with zero attached hydrogens (tertiary/aromatic N) is 6. The average molecular weight is 569 g/mol. The molecule has 4 heterocycles. The molecule has 0 amide bonds. The second-order valence-corrected chi connectivity index (χ2v) is 11.7. The Kier molecular flexibility index (Phi) is 7.05. The number of methoxy groups -OCH3 is 1. The molecule has 1 aliphatic carbocycles. The first-order valence-corrected chi connectivity index (χ1v) is 14.2. The first-order chi connectivity index (χ1) is 19.6. The number of hydrogen-bond acceptors (Lipinski definition) is 5. The van der Waals surface area contributed by atoms with E-state index in [2.05, 4.69) is 22.0 Å². The number of aromatic nitrogens is 5. The van der Waals surface area contributed by atoms with Gasteiger partial charge in [0.25, 0.3) is 0 Å². The number of imidazole rings is 1. The SMILES string of the molecule is COC1([C@@H](c2cccc(-n3cc4c(C(F)(F)F)cc(CN5CCC[C@H](C)C5)cn4c3=O)c2)c2nncn2C)CCC1. The van der Waals surface area contributed by atoms with E-state index in [1.54, 1.807) is 25.7 Å². The van der Waals surface area contributed by atoms with Crippen LogP contribution in [-0.2, 0) is 24.5 Å². The van der Waals surface area contributed by atoms with Crippen LogP contribution in [0.3, 0.4) is 0 Å². The highest BCUT2D eigenvalue weighted by Crippen LogP contribution is 2.49. The largest absolute Gasteiger partial charge is 0.418 e. The third kappa shape index (κ3) is 4.99. The average Bonchev–Trinajstić information content (AvgIpc) is 3.48. The van der Waals surface area contributed by atoms with Crippen molar-refractivity contribution in [2.45, 2.75) is 63.3 Å². The number of halogens is 3. The summed E-state index contributed by atoms with van der Waals surface area (Å²) in [6, 6.07) is 8.54. The minimum absolute atomic E-state index is 0.166. The Morgan fingerprint density at radius 2 is 1.98 bits per heavy atom. The van der Waals surface area contributed by atoms with Crippen LogP contribution in [0.5, 0.6) is 0 Å². The van der Waals surface area contributed by atoms with Crippen LogP contribution in [0.15, 0.2) is 53.8 Å². The van der Waals surface area contributed by atoms with E-state index in [-0.39, 0.29) is 11.4 Å². The molecule has 0 N–H and O–H groups in total. The third-order valence-electron chi connectivity index (χ3n) is 8.90. The summed E-state index contributed by atoms with van der Waals surface area (Å²) < 4.78 is 53.2. The molecule has 1 aromatic carbocycles. The highest BCUT2D eigenvalue weighted by atomic mass is 19.4. The van der Waals surface area contributed by atoms with Crippen LogP contribution in [0.4, 0.5) is 13.2 Å². The Bertz CT molecular complexity index is 1610. The third-order valence-corrected chi connectivity index (χ3v) is 8.90. The van der Waals surface area contributed by atoms with Crippen LogP contribution >= 0.6 is 0 Å². The summed E-state index contributed by atoms with van der Waals surface area (Å²) in [5, 5.41) is 8.45. The number of benzene rings is 1. The fraction of sp³-hybridized carbons (Fsp3) is 0.500. The van der Waals surface area contributed by atoms with E-state index in [9.17, 15) is 18.0 Å². The fourth-order valence-corrected chi connectivity index (χ4v) is 6.66. The zero-order valence-corrected chi connectivity index (χ0v) is 23.6. The molecule has 0 bridgehead atoms. The standard InChI is InChI=1S/C30H35F3N6O2/c1-20-7-5-12-37(15-20)16-21-13-24(30(31,32)33)25-18-38(28(40)39(25)17-21)23-9-4-8-22(14-23)26(27-35-34-19-36(27)2)29(41-3)10-6-11-29/h4,8-9,13-14,17-20,26H,5-7,10-12,15-16H2,1-3H3/t20-,26-/m0/s1. The molecule has 1 saturated carbocycles. The summed E-state index contributed by atoms with van der Waals surface area (Å²) in [6.45, 7) is 4.19. The molecule has 4 aromatic rings. The van der Waals surface area contributed by atoms with Gasteiger partial charge in [-0.15, -0.1) is 10.2 Å². The summed E-state index contributed by atoms with van der Waals surface area (Å²) in [6.07, 6.45) is 4.72. The van der Waals surface area contributed by atoms with Crippen LogP contribution in [-0.4, -0.2) is 54.4 Å². The number of alkyl halides is 3. The minimum atomic E-state index is -4.61. The van der Waals surface area contributed by atoms with E-state index in [4.69, 9.17) is 4.74 Å². The highest BCUT2D eigenvalue weighted by molar-refractivity contribution is 5.58. The van der Waals surface area contributed by atoms with Gasteiger partial charge in [-0.3, -0.25) is 13.9 Å². The van der Waals surface area contributed by atoms with Crippen molar-refractivity contribution in [1.82, 2.24) is 28.6 Å². The van der Waals surface area contributed by atoms with Gasteiger partial charge in [0.05, 0.1) is 28.3 Å². The number of likely N-dealkylation sites (tertiary alicyclic amines) is 1. The molecule has 2 aliphatic rings. The lowest BCUT2D eigenvalue weighted by molar-refractivity contribution is -0.136. The molecule has 0 spiro atoms. The van der Waals surface area contributed by atoms with Crippen molar-refractivity contribution in [3.05, 3.63) is 82.1 Å². The topological polar surface area (TPSA) is 69.6 Å². The molecule has 3 aromatic heterocycles. The van der Waals surface area contributed by atoms with Crippen molar-refractivity contribution in [2.75, 3.05) is 20.2 Å². The Morgan fingerprint density at radius 1 is 1.17 bits per heavy atom. The Hall–Kier alpha value is -3.44. The molecule has 1 saturated heterocycles. The van der Waals surface area contributed by atoms with Crippen molar-refractivity contribution >= 4 is 5.52 Å². The molecule has 41 heavy (non-hydrogen) atoms. The van der Waals surface area contributed by atoms with Crippen LogP contribution < -0.4 is 5.69 Å². The Morgan fingerprint density at radius 3 is 2.61 bits per heavy atom. The van der Waals surface area contributed by atoms with E-state index in [1.807, 2.05) is 29.8 Å². The van der Waals surface area contributed by atoms with Gasteiger partial charge < -0.3 is 9.30 Å². The zero-order valence-electron chi connectivity index (χ0n) is 23.6. The van der Waals surface area contributed by atoms with Crippen molar-refractivity contribution in [3.8, 4) is 5.69 Å². The van der Waals surface area contributed by atoms with Crippen molar-refractivity contribution < 1.29 is 17.9 Å². The second-order valence-electron chi connectivity index (χ2n) is 11.7. The molecule has 2 fully saturated rings. The molecule has 218 valence electrons. The van der Waals surface area contributed by atoms with Crippen LogP contribution in [0.25, 0.3) is 11.2 Å². The van der Waals surface area contributed by atoms with Gasteiger partial charge in [-0.2, -0.15) is 13.2 Å². The quantitative estimate of drug-likeness (QED) is 0.308. The van der Waals surface area contributed by atoms with Gasteiger partial charge in [0.15, 0.2) is 0 Å². The zero-order chi connectivity index (χ0) is 28.9. The normalized spacial score (nSPS) is 20.3. The van der Waals surface area contributed by atoms with E-state index >= 15 is 0 Å². The van der Waals surface area contributed by atoms with Crippen LogP contribution in [0.2, 0.25) is 0 Å². The summed E-state index contributed by atoms with van der Waals surface area (Å²) in [5.41, 5.74) is -0.177. The second kappa shape index (κ2) is 10.4. The van der Waals surface area contributed by atoms with Crippen LogP contribution in [0.1, 0.15) is 67.5 Å². The Balaban J connectivity index is 1.44. The molecule has 2 atom stereocenters. The predicted octanol–water partition coefficient (Wildman–Crippen LogP) is 5.17. The first-order valence-electron chi connectivity index (χ1n) is 14.2. The Labute approximate surface area is 236 Å². The molecule has 6 rings (SSSR count). The van der Waals surface area contributed by atoms with Crippen molar-refractivity contribution in [3.63, 3.8) is 0 Å². The predicted molar refractivity (Wildman–Crippen MR) is 148 cm³/mol. The van der Waals surface area contributed by atoms with Crippen LogP contribution in [0, 0.1) is 5.92 Å². The number of fused-ring (bicyclic) bond motifs is 1. The van der Waals surface area contributed by atoms with Gasteiger partial charge in [0.1, 0.15) is 12.2 Å². The van der Waals surface area contributed by atoms with E-state index in [0.717, 1.165) is 61.0 Å². The molecule has 0 radical (unpaired) electrons.